The topological polar surface area (TPSA) is 92.2 Å². The van der Waals surface area contributed by atoms with E-state index in [1.54, 1.807) is 0 Å². The van der Waals surface area contributed by atoms with E-state index in [9.17, 15) is 10.2 Å². The minimum atomic E-state index is -0.976. The highest BCUT2D eigenvalue weighted by molar-refractivity contribution is 4.95. The Morgan fingerprint density at radius 1 is 1.11 bits per heavy atom. The molecule has 4 unspecified atom stereocenters. The van der Waals surface area contributed by atoms with E-state index in [4.69, 9.17) is 14.2 Å². The lowest BCUT2D eigenvalue weighted by molar-refractivity contribution is -0.138. The van der Waals surface area contributed by atoms with Gasteiger partial charge in [-0.15, -0.1) is 0 Å². The van der Waals surface area contributed by atoms with Crippen molar-refractivity contribution < 1.29 is 24.4 Å². The summed E-state index contributed by atoms with van der Waals surface area (Å²) in [6, 6.07) is 0.142. The van der Waals surface area contributed by atoms with Crippen LogP contribution in [0.1, 0.15) is 59.8 Å². The van der Waals surface area contributed by atoms with Crippen molar-refractivity contribution in [3.8, 4) is 0 Å². The number of nitrogens with one attached hydrogen (secondary N) is 2. The van der Waals surface area contributed by atoms with Crippen LogP contribution < -0.4 is 10.6 Å². The number of hydrogen-bond donors (Lipinski definition) is 4. The van der Waals surface area contributed by atoms with Gasteiger partial charge in [-0.05, 0) is 49.9 Å². The van der Waals surface area contributed by atoms with Crippen molar-refractivity contribution in [3.63, 3.8) is 0 Å². The second-order valence-corrected chi connectivity index (χ2v) is 8.58. The van der Waals surface area contributed by atoms with Gasteiger partial charge in [0.15, 0.2) is 0 Å². The summed E-state index contributed by atoms with van der Waals surface area (Å²) < 4.78 is 15.7. The van der Waals surface area contributed by atoms with Crippen molar-refractivity contribution in [2.75, 3.05) is 26.4 Å². The lowest BCUT2D eigenvalue weighted by atomic mass is 9.62. The van der Waals surface area contributed by atoms with Gasteiger partial charge in [0.05, 0.1) is 19.5 Å². The molecule has 0 radical (unpaired) electrons. The fourth-order valence-corrected chi connectivity index (χ4v) is 4.25. The van der Waals surface area contributed by atoms with Crippen LogP contribution in [-0.4, -0.2) is 55.4 Å². The van der Waals surface area contributed by atoms with Crippen LogP contribution >= 0.6 is 0 Å². The zero-order valence-electron chi connectivity index (χ0n) is 17.5. The van der Waals surface area contributed by atoms with Gasteiger partial charge in [-0.25, -0.2) is 0 Å². The molecular weight excluding hydrogens is 348 g/mol. The molecule has 0 heterocycles. The molecule has 1 saturated carbocycles. The molecule has 0 aliphatic heterocycles. The number of unbranched alkanes of at least 4 members (excludes halogenated alkanes) is 1. The van der Waals surface area contributed by atoms with Crippen molar-refractivity contribution in [2.45, 2.75) is 78.7 Å². The van der Waals surface area contributed by atoms with Gasteiger partial charge in [0.25, 0.3) is 0 Å². The van der Waals surface area contributed by atoms with E-state index in [0.717, 1.165) is 32.1 Å². The van der Waals surface area contributed by atoms with Crippen molar-refractivity contribution in [1.82, 2.24) is 10.6 Å². The van der Waals surface area contributed by atoms with E-state index in [2.05, 4.69) is 38.0 Å². The lowest BCUT2D eigenvalue weighted by Gasteiger charge is -2.47. The Hall–Kier alpha value is -0.700. The predicted octanol–water partition coefficient (Wildman–Crippen LogP) is 2.30. The maximum Gasteiger partial charge on any atom is 0.213 e. The highest BCUT2D eigenvalue weighted by atomic mass is 16.6. The molecule has 1 rings (SSSR count). The van der Waals surface area contributed by atoms with Crippen LogP contribution in [0, 0.1) is 10.8 Å². The van der Waals surface area contributed by atoms with Crippen LogP contribution in [0.2, 0.25) is 0 Å². The SMILES string of the molecule is C=COCCCCOC(O)NC1CC(C)(C)CC(C)(CNC(O)OCC)C1. The smallest absolute Gasteiger partial charge is 0.213 e. The van der Waals surface area contributed by atoms with Crippen LogP contribution in [0.4, 0.5) is 0 Å². The van der Waals surface area contributed by atoms with Crippen molar-refractivity contribution in [2.24, 2.45) is 10.8 Å². The average Bonchev–Trinajstić information content (AvgIpc) is 2.55. The molecule has 27 heavy (non-hydrogen) atoms. The number of hydrogen-bond acceptors (Lipinski definition) is 7. The Morgan fingerprint density at radius 2 is 1.81 bits per heavy atom. The molecule has 1 aliphatic carbocycles. The first kappa shape index (κ1) is 24.3. The van der Waals surface area contributed by atoms with Crippen molar-refractivity contribution in [1.29, 1.82) is 0 Å². The molecule has 0 aromatic heterocycles. The Balaban J connectivity index is 2.43. The third-order valence-electron chi connectivity index (χ3n) is 4.90. The first-order valence-corrected chi connectivity index (χ1v) is 10.0. The van der Waals surface area contributed by atoms with Gasteiger partial charge in [0.1, 0.15) is 0 Å². The fraction of sp³-hybridized carbons (Fsp3) is 0.900. The van der Waals surface area contributed by atoms with E-state index in [-0.39, 0.29) is 16.9 Å². The third kappa shape index (κ3) is 10.4. The molecule has 0 amide bonds. The molecule has 1 fully saturated rings. The van der Waals surface area contributed by atoms with Gasteiger partial charge in [-0.2, -0.15) is 0 Å². The summed E-state index contributed by atoms with van der Waals surface area (Å²) >= 11 is 0. The molecule has 0 aromatic carbocycles. The van der Waals surface area contributed by atoms with Gasteiger partial charge >= 0.3 is 0 Å². The van der Waals surface area contributed by atoms with E-state index in [1.807, 2.05) is 6.92 Å². The van der Waals surface area contributed by atoms with Crippen LogP contribution in [0.15, 0.2) is 12.8 Å². The molecule has 1 aliphatic rings. The molecule has 7 heteroatoms. The van der Waals surface area contributed by atoms with Crippen LogP contribution in [-0.2, 0) is 14.2 Å². The van der Waals surface area contributed by atoms with E-state index in [0.29, 0.717) is 26.4 Å². The second kappa shape index (κ2) is 12.0. The number of rotatable bonds is 14. The summed E-state index contributed by atoms with van der Waals surface area (Å²) in [7, 11) is 0. The summed E-state index contributed by atoms with van der Waals surface area (Å²) in [5.74, 6) is 0. The van der Waals surface area contributed by atoms with Gasteiger partial charge in [0, 0.05) is 19.2 Å². The summed E-state index contributed by atoms with van der Waals surface area (Å²) in [4.78, 5) is 0. The molecule has 160 valence electrons. The van der Waals surface area contributed by atoms with E-state index >= 15 is 0 Å². The molecule has 0 aromatic rings. The largest absolute Gasteiger partial charge is 0.502 e. The van der Waals surface area contributed by atoms with Gasteiger partial charge in [-0.3, -0.25) is 10.6 Å². The minimum Gasteiger partial charge on any atom is -0.502 e. The highest BCUT2D eigenvalue weighted by Gasteiger charge is 2.41. The van der Waals surface area contributed by atoms with Crippen LogP contribution in [0.3, 0.4) is 0 Å². The third-order valence-corrected chi connectivity index (χ3v) is 4.90. The average molecular weight is 389 g/mol. The summed E-state index contributed by atoms with van der Waals surface area (Å²) in [5.41, 5.74) is 0.115. The van der Waals surface area contributed by atoms with Gasteiger partial charge < -0.3 is 24.4 Å². The Morgan fingerprint density at radius 3 is 2.48 bits per heavy atom. The normalized spacial score (nSPS) is 27.1. The first-order valence-electron chi connectivity index (χ1n) is 10.0. The molecule has 0 bridgehead atoms. The summed E-state index contributed by atoms with van der Waals surface area (Å²) in [6.45, 7) is 14.2. The fourth-order valence-electron chi connectivity index (χ4n) is 4.25. The molecule has 0 saturated heterocycles. The molecular formula is C20H40N2O5. The van der Waals surface area contributed by atoms with Crippen LogP contribution in [0.5, 0.6) is 0 Å². The van der Waals surface area contributed by atoms with Crippen molar-refractivity contribution >= 4 is 0 Å². The predicted molar refractivity (Wildman–Crippen MR) is 106 cm³/mol. The Kier molecular flexibility index (Phi) is 10.8. The first-order chi connectivity index (χ1) is 12.7. The molecule has 7 nitrogen and oxygen atoms in total. The Labute approximate surface area is 164 Å². The number of ether oxygens (including phenoxy) is 3. The van der Waals surface area contributed by atoms with Gasteiger partial charge in [0.2, 0.25) is 12.8 Å². The summed E-state index contributed by atoms with van der Waals surface area (Å²) in [6.07, 6.45) is 4.07. The van der Waals surface area contributed by atoms with Gasteiger partial charge in [-0.1, -0.05) is 27.4 Å². The minimum absolute atomic E-state index is 0.0146. The molecule has 4 N–H and O–H groups in total. The number of aliphatic hydroxyl groups excluding tert-OH is 2. The zero-order valence-corrected chi connectivity index (χ0v) is 17.5. The molecule has 4 atom stereocenters. The van der Waals surface area contributed by atoms with Crippen LogP contribution in [0.25, 0.3) is 0 Å². The number of aliphatic hydroxyl groups is 2. The quantitative estimate of drug-likeness (QED) is 0.206. The van der Waals surface area contributed by atoms with E-state index < -0.39 is 12.8 Å². The van der Waals surface area contributed by atoms with E-state index in [1.165, 1.54) is 6.26 Å². The van der Waals surface area contributed by atoms with Crippen molar-refractivity contribution in [3.05, 3.63) is 12.8 Å². The maximum atomic E-state index is 10.2. The lowest BCUT2D eigenvalue weighted by Crippen LogP contribution is -2.52. The monoisotopic (exact) mass is 388 g/mol. The zero-order chi connectivity index (χ0) is 20.3. The highest BCUT2D eigenvalue weighted by Crippen LogP contribution is 2.45. The molecule has 0 spiro atoms. The standard InChI is InChI=1S/C20H40N2O5/c1-6-25-10-8-9-11-27-18(24)22-16-12-19(3,4)14-20(5,13-16)15-21-17(23)26-7-2/h6,16-18,21-24H,1,7-15H2,2-5H3. The summed E-state index contributed by atoms with van der Waals surface area (Å²) in [5, 5.41) is 26.2. The second-order valence-electron chi connectivity index (χ2n) is 8.58. The Bertz CT molecular complexity index is 421. The maximum absolute atomic E-state index is 10.2.